The molecule has 0 atom stereocenters. The highest BCUT2D eigenvalue weighted by molar-refractivity contribution is 4.91. The maximum absolute atomic E-state index is 8.86. The maximum atomic E-state index is 8.86. The topological polar surface area (TPSA) is 27.0 Å². The van der Waals surface area contributed by atoms with E-state index >= 15 is 0 Å². The van der Waals surface area contributed by atoms with Crippen LogP contribution in [-0.2, 0) is 0 Å². The summed E-state index contributed by atoms with van der Waals surface area (Å²) < 4.78 is 0. The third kappa shape index (κ3) is 5.24. The maximum Gasteiger partial charge on any atom is 0.0683 e. The van der Waals surface area contributed by atoms with Gasteiger partial charge >= 0.3 is 0 Å². The van der Waals surface area contributed by atoms with Crippen molar-refractivity contribution in [3.05, 3.63) is 0 Å². The Kier molecular flexibility index (Phi) is 5.79. The Labute approximate surface area is 88.9 Å². The quantitative estimate of drug-likeness (QED) is 0.653. The minimum Gasteiger partial charge on any atom is -0.301 e. The molecule has 0 radical (unpaired) electrons. The van der Waals surface area contributed by atoms with Gasteiger partial charge in [0.1, 0.15) is 0 Å². The van der Waals surface area contributed by atoms with Gasteiger partial charge in [0, 0.05) is 6.04 Å². The van der Waals surface area contributed by atoms with Gasteiger partial charge in [0.05, 0.1) is 11.5 Å². The number of rotatable bonds is 6. The first-order valence-corrected chi connectivity index (χ1v) is 5.58. The predicted molar refractivity (Wildman–Crippen MR) is 61.0 cm³/mol. The van der Waals surface area contributed by atoms with Crippen molar-refractivity contribution >= 4 is 0 Å². The zero-order valence-corrected chi connectivity index (χ0v) is 10.3. The Morgan fingerprint density at radius 2 is 1.93 bits per heavy atom. The molecule has 0 spiro atoms. The lowest BCUT2D eigenvalue weighted by molar-refractivity contribution is 0.220. The summed E-state index contributed by atoms with van der Waals surface area (Å²) in [6.07, 6.45) is 2.11. The van der Waals surface area contributed by atoms with Crippen LogP contribution < -0.4 is 0 Å². The van der Waals surface area contributed by atoms with Gasteiger partial charge < -0.3 is 4.90 Å². The molecule has 0 saturated heterocycles. The molecule has 2 nitrogen and oxygen atoms in total. The summed E-state index contributed by atoms with van der Waals surface area (Å²) in [5.74, 6) is 0. The van der Waals surface area contributed by atoms with E-state index in [1.807, 2.05) is 13.8 Å². The lowest BCUT2D eigenvalue weighted by Crippen LogP contribution is -2.32. The van der Waals surface area contributed by atoms with E-state index in [1.54, 1.807) is 0 Å². The van der Waals surface area contributed by atoms with Crippen LogP contribution in [0.25, 0.3) is 0 Å². The van der Waals surface area contributed by atoms with Crippen molar-refractivity contribution in [2.45, 2.75) is 53.5 Å². The van der Waals surface area contributed by atoms with Crippen LogP contribution in [0.15, 0.2) is 0 Å². The first-order valence-electron chi connectivity index (χ1n) is 5.58. The first-order chi connectivity index (χ1) is 6.43. The predicted octanol–water partition coefficient (Wildman–Crippen LogP) is 3.05. The van der Waals surface area contributed by atoms with Crippen LogP contribution in [0.2, 0.25) is 0 Å². The van der Waals surface area contributed by atoms with E-state index in [9.17, 15) is 0 Å². The van der Waals surface area contributed by atoms with Crippen LogP contribution in [-0.4, -0.2) is 24.0 Å². The van der Waals surface area contributed by atoms with Crippen LogP contribution in [0.3, 0.4) is 0 Å². The molecule has 0 aliphatic rings. The Morgan fingerprint density at radius 3 is 2.29 bits per heavy atom. The molecule has 0 aliphatic carbocycles. The average Bonchev–Trinajstić information content (AvgIpc) is 2.12. The lowest BCUT2D eigenvalue weighted by atomic mass is 9.90. The third-order valence-corrected chi connectivity index (χ3v) is 2.69. The molecule has 0 aromatic carbocycles. The molecular weight excluding hydrogens is 172 g/mol. The number of hydrogen-bond donors (Lipinski definition) is 0. The Bertz CT molecular complexity index is 189. The molecule has 0 saturated carbocycles. The molecule has 2 heteroatoms. The Morgan fingerprint density at radius 1 is 1.36 bits per heavy atom. The van der Waals surface area contributed by atoms with E-state index in [4.69, 9.17) is 5.26 Å². The molecule has 0 rings (SSSR count). The molecule has 0 bridgehead atoms. The molecule has 0 fully saturated rings. The smallest absolute Gasteiger partial charge is 0.0683 e. The van der Waals surface area contributed by atoms with E-state index in [1.165, 1.54) is 0 Å². The van der Waals surface area contributed by atoms with Gasteiger partial charge in [-0.1, -0.05) is 6.92 Å². The lowest BCUT2D eigenvalue weighted by Gasteiger charge is -2.25. The van der Waals surface area contributed by atoms with Gasteiger partial charge in [-0.15, -0.1) is 0 Å². The number of hydrogen-bond acceptors (Lipinski definition) is 2. The molecule has 0 unspecified atom stereocenters. The van der Waals surface area contributed by atoms with Crippen molar-refractivity contribution in [3.63, 3.8) is 0 Å². The van der Waals surface area contributed by atoms with Gasteiger partial charge in [-0.3, -0.25) is 0 Å². The van der Waals surface area contributed by atoms with Crippen molar-refractivity contribution in [2.24, 2.45) is 5.41 Å². The second kappa shape index (κ2) is 6.03. The molecule has 0 aliphatic heterocycles. The molecule has 0 N–H and O–H groups in total. The average molecular weight is 196 g/mol. The van der Waals surface area contributed by atoms with Crippen LogP contribution in [0.1, 0.15) is 47.5 Å². The highest BCUT2D eigenvalue weighted by atomic mass is 15.1. The summed E-state index contributed by atoms with van der Waals surface area (Å²) >= 11 is 0. The Balaban J connectivity index is 3.79. The minimum atomic E-state index is -0.156. The summed E-state index contributed by atoms with van der Waals surface area (Å²) in [7, 11) is 0. The highest BCUT2D eigenvalue weighted by Crippen LogP contribution is 2.20. The molecular formula is C12H24N2. The number of nitriles is 1. The normalized spacial score (nSPS) is 12.1. The zero-order valence-electron chi connectivity index (χ0n) is 10.3. The van der Waals surface area contributed by atoms with Gasteiger partial charge in [-0.25, -0.2) is 0 Å². The van der Waals surface area contributed by atoms with Crippen molar-refractivity contribution < 1.29 is 0 Å². The molecule has 0 aromatic heterocycles. The summed E-state index contributed by atoms with van der Waals surface area (Å²) in [4.78, 5) is 2.44. The van der Waals surface area contributed by atoms with Crippen molar-refractivity contribution in [1.82, 2.24) is 4.90 Å². The summed E-state index contributed by atoms with van der Waals surface area (Å²) in [6.45, 7) is 12.9. The van der Waals surface area contributed by atoms with Gasteiger partial charge in [0.2, 0.25) is 0 Å². The molecule has 0 aromatic rings. The summed E-state index contributed by atoms with van der Waals surface area (Å²) in [5, 5.41) is 8.86. The van der Waals surface area contributed by atoms with E-state index in [0.717, 1.165) is 25.9 Å². The minimum absolute atomic E-state index is 0.156. The van der Waals surface area contributed by atoms with Crippen LogP contribution in [0.4, 0.5) is 0 Å². The van der Waals surface area contributed by atoms with E-state index in [-0.39, 0.29) is 5.41 Å². The van der Waals surface area contributed by atoms with E-state index in [2.05, 4.69) is 31.7 Å². The standard InChI is InChI=1S/C12H24N2/c1-6-14(11(2)3)9-7-8-12(4,5)10-13/h11H,6-9H2,1-5H3. The van der Waals surface area contributed by atoms with Crippen LogP contribution >= 0.6 is 0 Å². The monoisotopic (exact) mass is 196 g/mol. The largest absolute Gasteiger partial charge is 0.301 e. The molecule has 14 heavy (non-hydrogen) atoms. The van der Waals surface area contributed by atoms with Gasteiger partial charge in [-0.2, -0.15) is 5.26 Å². The van der Waals surface area contributed by atoms with Crippen molar-refractivity contribution in [1.29, 1.82) is 5.26 Å². The fourth-order valence-corrected chi connectivity index (χ4v) is 1.56. The van der Waals surface area contributed by atoms with Crippen LogP contribution in [0, 0.1) is 16.7 Å². The highest BCUT2D eigenvalue weighted by Gasteiger charge is 2.16. The fraction of sp³-hybridized carbons (Fsp3) is 0.917. The summed E-state index contributed by atoms with van der Waals surface area (Å²) in [5.41, 5.74) is -0.156. The molecule has 0 heterocycles. The molecule has 82 valence electrons. The second-order valence-corrected chi connectivity index (χ2v) is 4.82. The SMILES string of the molecule is CCN(CCCC(C)(C)C#N)C(C)C. The van der Waals surface area contributed by atoms with E-state index < -0.39 is 0 Å². The van der Waals surface area contributed by atoms with Gasteiger partial charge in [0.15, 0.2) is 0 Å². The van der Waals surface area contributed by atoms with Gasteiger partial charge in [0.25, 0.3) is 0 Å². The Hall–Kier alpha value is -0.550. The molecule has 0 amide bonds. The zero-order chi connectivity index (χ0) is 11.2. The second-order valence-electron chi connectivity index (χ2n) is 4.82. The summed E-state index contributed by atoms with van der Waals surface area (Å²) in [6, 6.07) is 2.96. The van der Waals surface area contributed by atoms with E-state index in [0.29, 0.717) is 6.04 Å². The van der Waals surface area contributed by atoms with Crippen molar-refractivity contribution in [2.75, 3.05) is 13.1 Å². The first kappa shape index (κ1) is 13.4. The number of nitrogens with zero attached hydrogens (tertiary/aromatic N) is 2. The van der Waals surface area contributed by atoms with Gasteiger partial charge in [-0.05, 0) is 53.6 Å². The third-order valence-electron chi connectivity index (χ3n) is 2.69. The van der Waals surface area contributed by atoms with Crippen LogP contribution in [0.5, 0.6) is 0 Å². The van der Waals surface area contributed by atoms with Crippen molar-refractivity contribution in [3.8, 4) is 6.07 Å². The fourth-order valence-electron chi connectivity index (χ4n) is 1.56.